The van der Waals surface area contributed by atoms with Gasteiger partial charge in [0.2, 0.25) is 20.0 Å². The lowest BCUT2D eigenvalue weighted by molar-refractivity contribution is -0.145. The van der Waals surface area contributed by atoms with Gasteiger partial charge in [-0.25, -0.2) is 21.6 Å². The van der Waals surface area contributed by atoms with Crippen LogP contribution in [0.15, 0.2) is 58.3 Å². The Morgan fingerprint density at radius 2 is 1.48 bits per heavy atom. The second-order valence-corrected chi connectivity index (χ2v) is 10.8. The highest BCUT2D eigenvalue weighted by molar-refractivity contribution is 7.89. The van der Waals surface area contributed by atoms with Gasteiger partial charge < -0.3 is 9.47 Å². The fourth-order valence-electron chi connectivity index (χ4n) is 2.96. The van der Waals surface area contributed by atoms with Crippen molar-refractivity contribution in [1.29, 1.82) is 0 Å². The van der Waals surface area contributed by atoms with Crippen LogP contribution in [0.25, 0.3) is 0 Å². The monoisotopic (exact) mass is 498 g/mol. The minimum absolute atomic E-state index is 0.0107. The molecule has 1 atom stereocenters. The van der Waals surface area contributed by atoms with E-state index in [2.05, 4.69) is 9.44 Å². The number of aryl methyl sites for hydroxylation is 1. The van der Waals surface area contributed by atoms with Gasteiger partial charge in [-0.05, 0) is 69.5 Å². The number of esters is 1. The average molecular weight is 499 g/mol. The number of carbonyl (C=O) groups is 1. The molecule has 0 spiro atoms. The van der Waals surface area contributed by atoms with Crippen molar-refractivity contribution in [3.63, 3.8) is 0 Å². The maximum absolute atomic E-state index is 12.7. The van der Waals surface area contributed by atoms with Crippen LogP contribution in [0.1, 0.15) is 31.7 Å². The smallest absolute Gasteiger partial charge is 0.324 e. The van der Waals surface area contributed by atoms with Crippen LogP contribution in [0.4, 0.5) is 0 Å². The average Bonchev–Trinajstić information content (AvgIpc) is 2.78. The van der Waals surface area contributed by atoms with Crippen molar-refractivity contribution >= 4 is 26.0 Å². The lowest BCUT2D eigenvalue weighted by atomic mass is 10.1. The Morgan fingerprint density at radius 1 is 0.909 bits per heavy atom. The fourth-order valence-corrected chi connectivity index (χ4v) is 5.25. The summed E-state index contributed by atoms with van der Waals surface area (Å²) in [6.07, 6.45) is 0.955. The normalized spacial score (nSPS) is 12.8. The Kier molecular flexibility index (Phi) is 9.84. The largest absolute Gasteiger partial charge is 0.497 e. The predicted molar refractivity (Wildman–Crippen MR) is 124 cm³/mol. The van der Waals surface area contributed by atoms with E-state index in [1.807, 2.05) is 6.92 Å². The number of rotatable bonds is 13. The highest BCUT2D eigenvalue weighted by atomic mass is 32.2. The van der Waals surface area contributed by atoms with Crippen molar-refractivity contribution in [2.75, 3.05) is 20.3 Å². The molecule has 0 aliphatic rings. The van der Waals surface area contributed by atoms with Crippen molar-refractivity contribution in [2.24, 2.45) is 0 Å². The van der Waals surface area contributed by atoms with Gasteiger partial charge >= 0.3 is 5.97 Å². The molecule has 0 fully saturated rings. The summed E-state index contributed by atoms with van der Waals surface area (Å²) in [6, 6.07) is 11.2. The lowest BCUT2D eigenvalue weighted by Gasteiger charge is -2.17. The zero-order valence-corrected chi connectivity index (χ0v) is 20.5. The molecule has 9 nitrogen and oxygen atoms in total. The molecule has 2 rings (SSSR count). The highest BCUT2D eigenvalue weighted by Gasteiger charge is 2.26. The Bertz CT molecular complexity index is 1110. The summed E-state index contributed by atoms with van der Waals surface area (Å²) in [5, 5.41) is 0. The van der Waals surface area contributed by atoms with E-state index < -0.39 is 32.1 Å². The van der Waals surface area contributed by atoms with Crippen molar-refractivity contribution in [3.8, 4) is 5.75 Å². The third-order valence-corrected chi connectivity index (χ3v) is 7.75. The van der Waals surface area contributed by atoms with Crippen LogP contribution in [0.5, 0.6) is 5.75 Å². The summed E-state index contributed by atoms with van der Waals surface area (Å²) in [4.78, 5) is 12.5. The predicted octanol–water partition coefficient (Wildman–Crippen LogP) is 2.36. The maximum Gasteiger partial charge on any atom is 0.324 e. The van der Waals surface area contributed by atoms with Gasteiger partial charge in [0.05, 0.1) is 23.5 Å². The van der Waals surface area contributed by atoms with Gasteiger partial charge in [-0.1, -0.05) is 17.7 Å². The van der Waals surface area contributed by atoms with Gasteiger partial charge in [-0.15, -0.1) is 0 Å². The summed E-state index contributed by atoms with van der Waals surface area (Å²) < 4.78 is 65.0. The van der Waals surface area contributed by atoms with E-state index in [0.29, 0.717) is 18.6 Å². The molecule has 11 heteroatoms. The molecule has 0 saturated heterocycles. The summed E-state index contributed by atoms with van der Waals surface area (Å²) in [6.45, 7) is 3.76. The van der Waals surface area contributed by atoms with E-state index in [1.165, 1.54) is 43.5 Å². The maximum atomic E-state index is 12.7. The minimum Gasteiger partial charge on any atom is -0.497 e. The molecule has 2 aromatic rings. The second kappa shape index (κ2) is 12.1. The van der Waals surface area contributed by atoms with Crippen LogP contribution in [-0.2, 0) is 29.6 Å². The molecule has 0 bridgehead atoms. The van der Waals surface area contributed by atoms with Gasteiger partial charge in [0.1, 0.15) is 11.8 Å². The lowest BCUT2D eigenvalue weighted by Crippen LogP contribution is -2.41. The number of hydrogen-bond donors (Lipinski definition) is 2. The topological polar surface area (TPSA) is 128 Å². The number of methoxy groups -OCH3 is 1. The molecular formula is C22H30N2O7S2. The van der Waals surface area contributed by atoms with Crippen LogP contribution in [0.3, 0.4) is 0 Å². The van der Waals surface area contributed by atoms with E-state index in [-0.39, 0.29) is 29.4 Å². The molecule has 2 N–H and O–H groups in total. The van der Waals surface area contributed by atoms with Crippen molar-refractivity contribution in [3.05, 3.63) is 54.1 Å². The summed E-state index contributed by atoms with van der Waals surface area (Å²) in [7, 11) is -6.14. The molecule has 0 heterocycles. The molecule has 182 valence electrons. The molecule has 0 amide bonds. The number of nitrogens with one attached hydrogen (secondary N) is 2. The van der Waals surface area contributed by atoms with Crippen LogP contribution in [0.2, 0.25) is 0 Å². The van der Waals surface area contributed by atoms with E-state index in [9.17, 15) is 21.6 Å². The molecule has 0 radical (unpaired) electrons. The summed E-state index contributed by atoms with van der Waals surface area (Å²) >= 11 is 0. The molecule has 0 aliphatic heterocycles. The number of ether oxygens (including phenoxy) is 2. The molecule has 0 aliphatic carbocycles. The number of carbonyl (C=O) groups excluding carboxylic acids is 1. The van der Waals surface area contributed by atoms with Crippen LogP contribution in [0, 0.1) is 6.92 Å². The molecule has 1 unspecified atom stereocenters. The molecule has 0 aromatic heterocycles. The Hall–Kier alpha value is -2.47. The first-order valence-electron chi connectivity index (χ1n) is 10.5. The van der Waals surface area contributed by atoms with Gasteiger partial charge in [0, 0.05) is 6.54 Å². The fraction of sp³-hybridized carbons (Fsp3) is 0.409. The second-order valence-electron chi connectivity index (χ2n) is 7.31. The molecule has 0 saturated carbocycles. The molecular weight excluding hydrogens is 468 g/mol. The Labute approximate surface area is 195 Å². The Balaban J connectivity index is 1.95. The first kappa shape index (κ1) is 26.8. The van der Waals surface area contributed by atoms with Crippen molar-refractivity contribution in [2.45, 2.75) is 48.9 Å². The third-order valence-electron chi connectivity index (χ3n) is 4.78. The Morgan fingerprint density at radius 3 is 2.06 bits per heavy atom. The zero-order chi connectivity index (χ0) is 24.5. The number of sulfonamides is 2. The van der Waals surface area contributed by atoms with Crippen molar-refractivity contribution < 1.29 is 31.1 Å². The zero-order valence-electron chi connectivity index (χ0n) is 18.9. The SMILES string of the molecule is CCOC(=O)C(CCCCNS(=O)(=O)c1ccc(C)cc1)NS(=O)(=O)c1ccc(OC)cc1. The van der Waals surface area contributed by atoms with E-state index in [1.54, 1.807) is 19.1 Å². The number of unbranched alkanes of at least 4 members (excludes halogenated alkanes) is 1. The standard InChI is InChI=1S/C22H30N2O7S2/c1-4-31-22(25)21(24-33(28,29)20-14-10-18(30-3)11-15-20)7-5-6-16-23-32(26,27)19-12-8-17(2)9-13-19/h8-15,21,23-24H,4-7,16H2,1-3H3. The number of hydrogen-bond acceptors (Lipinski definition) is 7. The first-order chi connectivity index (χ1) is 15.6. The van der Waals surface area contributed by atoms with Gasteiger partial charge in [-0.2, -0.15) is 4.72 Å². The van der Waals surface area contributed by atoms with E-state index >= 15 is 0 Å². The summed E-state index contributed by atoms with van der Waals surface area (Å²) in [5.41, 5.74) is 0.955. The third kappa shape index (κ3) is 8.11. The molecule has 33 heavy (non-hydrogen) atoms. The minimum atomic E-state index is -3.97. The first-order valence-corrected chi connectivity index (χ1v) is 13.4. The van der Waals surface area contributed by atoms with E-state index in [0.717, 1.165) is 5.56 Å². The highest BCUT2D eigenvalue weighted by Crippen LogP contribution is 2.17. The molecule has 2 aromatic carbocycles. The van der Waals surface area contributed by atoms with Crippen LogP contribution >= 0.6 is 0 Å². The van der Waals surface area contributed by atoms with Gasteiger partial charge in [0.25, 0.3) is 0 Å². The quantitative estimate of drug-likeness (QED) is 0.320. The number of benzene rings is 2. The van der Waals surface area contributed by atoms with E-state index in [4.69, 9.17) is 9.47 Å². The summed E-state index contributed by atoms with van der Waals surface area (Å²) in [5.74, 6) is -0.182. The van der Waals surface area contributed by atoms with Crippen LogP contribution < -0.4 is 14.2 Å². The van der Waals surface area contributed by atoms with Crippen molar-refractivity contribution in [1.82, 2.24) is 9.44 Å². The van der Waals surface area contributed by atoms with Crippen LogP contribution in [-0.4, -0.2) is 49.1 Å². The van der Waals surface area contributed by atoms with Gasteiger partial charge in [-0.3, -0.25) is 4.79 Å². The van der Waals surface area contributed by atoms with Gasteiger partial charge in [0.15, 0.2) is 0 Å².